The maximum absolute atomic E-state index is 13.0. The summed E-state index contributed by atoms with van der Waals surface area (Å²) in [4.78, 5) is 11.9. The second-order valence-electron chi connectivity index (χ2n) is 2.77. The van der Waals surface area contributed by atoms with Crippen LogP contribution in [0.2, 0.25) is 0 Å². The summed E-state index contributed by atoms with van der Waals surface area (Å²) in [5.74, 6) is -0.319. The molecule has 1 aromatic rings. The Morgan fingerprint density at radius 1 is 1.54 bits per heavy atom. The zero-order chi connectivity index (χ0) is 10.0. The maximum Gasteiger partial charge on any atom is 0.213 e. The van der Waals surface area contributed by atoms with Crippen molar-refractivity contribution >= 4 is 28.0 Å². The van der Waals surface area contributed by atoms with E-state index in [4.69, 9.17) is 0 Å². The Bertz CT molecular complexity index is 341. The van der Waals surface area contributed by atoms with Gasteiger partial charge in [0.2, 0.25) is 6.41 Å². The molecule has 0 unspecified atom stereocenters. The third-order valence-corrected chi connectivity index (χ3v) is 2.38. The van der Waals surface area contributed by atoms with Gasteiger partial charge in [0.05, 0.1) is 4.47 Å². The van der Waals surface area contributed by atoms with Crippen molar-refractivity contribution < 1.29 is 9.18 Å². The molecule has 1 aromatic carbocycles. The van der Waals surface area contributed by atoms with Gasteiger partial charge in [0.15, 0.2) is 0 Å². The van der Waals surface area contributed by atoms with Crippen molar-refractivity contribution in [3.05, 3.63) is 28.0 Å². The minimum absolute atomic E-state index is 0.319. The number of nitrogens with zero attached hydrogens (tertiary/aromatic N) is 1. The number of benzene rings is 1. The van der Waals surface area contributed by atoms with Crippen LogP contribution in [0.25, 0.3) is 0 Å². The zero-order valence-corrected chi connectivity index (χ0v) is 8.93. The quantitative estimate of drug-likeness (QED) is 0.734. The molecule has 0 spiro atoms. The lowest BCUT2D eigenvalue weighted by Gasteiger charge is -2.14. The van der Waals surface area contributed by atoms with Crippen LogP contribution in [0, 0.1) is 12.7 Å². The van der Waals surface area contributed by atoms with Gasteiger partial charge < -0.3 is 4.90 Å². The summed E-state index contributed by atoms with van der Waals surface area (Å²) >= 11 is 3.06. The first kappa shape index (κ1) is 10.2. The predicted molar refractivity (Wildman–Crippen MR) is 53.3 cm³/mol. The van der Waals surface area contributed by atoms with Crippen LogP contribution in [0.5, 0.6) is 0 Å². The second-order valence-corrected chi connectivity index (χ2v) is 3.62. The van der Waals surface area contributed by atoms with Crippen LogP contribution in [0.1, 0.15) is 5.56 Å². The summed E-state index contributed by atoms with van der Waals surface area (Å²) in [7, 11) is 1.62. The van der Waals surface area contributed by atoms with E-state index < -0.39 is 0 Å². The number of anilines is 1. The molecule has 0 aliphatic carbocycles. The molecule has 0 saturated heterocycles. The van der Waals surface area contributed by atoms with Crippen molar-refractivity contribution in [3.63, 3.8) is 0 Å². The number of carbonyl (C=O) groups excluding carboxylic acids is 1. The van der Waals surface area contributed by atoms with E-state index in [-0.39, 0.29) is 5.82 Å². The standard InChI is InChI=1S/C9H9BrFNO/c1-6-3-8(11)7(10)4-9(6)12(2)5-13/h3-5H,1-2H3. The highest BCUT2D eigenvalue weighted by Gasteiger charge is 2.07. The fraction of sp³-hybridized carbons (Fsp3) is 0.222. The molecule has 13 heavy (non-hydrogen) atoms. The molecule has 0 aromatic heterocycles. The third-order valence-electron chi connectivity index (χ3n) is 1.78. The highest BCUT2D eigenvalue weighted by molar-refractivity contribution is 9.10. The van der Waals surface area contributed by atoms with E-state index in [1.54, 1.807) is 20.0 Å². The average Bonchev–Trinajstić information content (AvgIpc) is 2.10. The fourth-order valence-electron chi connectivity index (χ4n) is 1.07. The Morgan fingerprint density at radius 2 is 2.15 bits per heavy atom. The molecule has 70 valence electrons. The topological polar surface area (TPSA) is 20.3 Å². The fourth-order valence-corrected chi connectivity index (χ4v) is 1.40. The van der Waals surface area contributed by atoms with Gasteiger partial charge in [0.25, 0.3) is 0 Å². The van der Waals surface area contributed by atoms with Gasteiger partial charge in [-0.1, -0.05) is 0 Å². The van der Waals surface area contributed by atoms with Gasteiger partial charge in [0.1, 0.15) is 5.82 Å². The smallest absolute Gasteiger partial charge is 0.213 e. The summed E-state index contributed by atoms with van der Waals surface area (Å²) in [5.41, 5.74) is 1.43. The highest BCUT2D eigenvalue weighted by Crippen LogP contribution is 2.25. The number of aryl methyl sites for hydroxylation is 1. The second kappa shape index (κ2) is 3.87. The Balaban J connectivity index is 3.22. The highest BCUT2D eigenvalue weighted by atomic mass is 79.9. The van der Waals surface area contributed by atoms with Crippen molar-refractivity contribution in [2.45, 2.75) is 6.92 Å². The van der Waals surface area contributed by atoms with E-state index in [0.717, 1.165) is 5.56 Å². The third kappa shape index (κ3) is 2.06. The molecule has 2 nitrogen and oxygen atoms in total. The molecule has 4 heteroatoms. The van der Waals surface area contributed by atoms with E-state index in [0.29, 0.717) is 16.6 Å². The van der Waals surface area contributed by atoms with Crippen LogP contribution in [-0.2, 0) is 4.79 Å². The molecule has 0 aliphatic rings. The van der Waals surface area contributed by atoms with Gasteiger partial charge in [-0.15, -0.1) is 0 Å². The maximum atomic E-state index is 13.0. The van der Waals surface area contributed by atoms with Crippen molar-refractivity contribution in [2.24, 2.45) is 0 Å². The number of hydrogen-bond acceptors (Lipinski definition) is 1. The predicted octanol–water partition coefficient (Wildman–Crippen LogP) is 2.49. The monoisotopic (exact) mass is 245 g/mol. The molecule has 0 aliphatic heterocycles. The van der Waals surface area contributed by atoms with Gasteiger partial charge in [0, 0.05) is 12.7 Å². The number of amides is 1. The van der Waals surface area contributed by atoms with Crippen LogP contribution in [0.3, 0.4) is 0 Å². The number of hydrogen-bond donors (Lipinski definition) is 0. The molecule has 0 heterocycles. The molecule has 0 saturated carbocycles. The average molecular weight is 246 g/mol. The van der Waals surface area contributed by atoms with Crippen molar-refractivity contribution in [1.82, 2.24) is 0 Å². The lowest BCUT2D eigenvalue weighted by Crippen LogP contribution is -2.15. The molecule has 1 rings (SSSR count). The molecular formula is C9H9BrFNO. The van der Waals surface area contributed by atoms with Crippen molar-refractivity contribution in [1.29, 1.82) is 0 Å². The van der Waals surface area contributed by atoms with Gasteiger partial charge in [-0.25, -0.2) is 4.39 Å². The largest absolute Gasteiger partial charge is 0.318 e. The molecule has 0 fully saturated rings. The van der Waals surface area contributed by atoms with Crippen molar-refractivity contribution in [2.75, 3.05) is 11.9 Å². The minimum atomic E-state index is -0.319. The zero-order valence-electron chi connectivity index (χ0n) is 7.34. The first-order valence-electron chi connectivity index (χ1n) is 3.70. The van der Waals surface area contributed by atoms with E-state index in [2.05, 4.69) is 15.9 Å². The van der Waals surface area contributed by atoms with Gasteiger partial charge in [-0.2, -0.15) is 0 Å². The van der Waals surface area contributed by atoms with E-state index in [1.165, 1.54) is 11.0 Å². The Hall–Kier alpha value is -0.900. The minimum Gasteiger partial charge on any atom is -0.318 e. The molecule has 0 N–H and O–H groups in total. The molecule has 0 radical (unpaired) electrons. The SMILES string of the molecule is Cc1cc(F)c(Br)cc1N(C)C=O. The summed E-state index contributed by atoms with van der Waals surface area (Å²) in [6, 6.07) is 2.97. The summed E-state index contributed by atoms with van der Waals surface area (Å²) in [6.45, 7) is 1.75. The normalized spacial score (nSPS) is 9.85. The molecule has 0 bridgehead atoms. The van der Waals surface area contributed by atoms with Gasteiger partial charge in [-0.3, -0.25) is 4.79 Å². The Kier molecular flexibility index (Phi) is 3.03. The van der Waals surface area contributed by atoms with E-state index in [1.807, 2.05) is 0 Å². The number of carbonyl (C=O) groups is 1. The van der Waals surface area contributed by atoms with Crippen LogP contribution in [0.15, 0.2) is 16.6 Å². The summed E-state index contributed by atoms with van der Waals surface area (Å²) < 4.78 is 13.3. The summed E-state index contributed by atoms with van der Waals surface area (Å²) in [6.07, 6.45) is 0.687. The first-order valence-corrected chi connectivity index (χ1v) is 4.49. The van der Waals surface area contributed by atoms with Crippen molar-refractivity contribution in [3.8, 4) is 0 Å². The van der Waals surface area contributed by atoms with E-state index >= 15 is 0 Å². The van der Waals surface area contributed by atoms with Crippen LogP contribution in [-0.4, -0.2) is 13.5 Å². The molecular weight excluding hydrogens is 237 g/mol. The van der Waals surface area contributed by atoms with Crippen LogP contribution >= 0.6 is 15.9 Å². The summed E-state index contributed by atoms with van der Waals surface area (Å²) in [5, 5.41) is 0. The van der Waals surface area contributed by atoms with E-state index in [9.17, 15) is 9.18 Å². The molecule has 0 atom stereocenters. The van der Waals surface area contributed by atoms with Gasteiger partial charge in [-0.05, 0) is 40.5 Å². The Morgan fingerprint density at radius 3 is 2.69 bits per heavy atom. The Labute approximate surface area is 84.5 Å². The number of rotatable bonds is 2. The number of halogens is 2. The van der Waals surface area contributed by atoms with Gasteiger partial charge >= 0.3 is 0 Å². The lowest BCUT2D eigenvalue weighted by atomic mass is 10.2. The lowest BCUT2D eigenvalue weighted by molar-refractivity contribution is -0.107. The van der Waals surface area contributed by atoms with Crippen LogP contribution in [0.4, 0.5) is 10.1 Å². The molecule has 1 amide bonds. The van der Waals surface area contributed by atoms with Crippen LogP contribution < -0.4 is 4.90 Å². The first-order chi connectivity index (χ1) is 6.06.